The minimum Gasteiger partial charge on any atom is -0.481 e. The highest BCUT2D eigenvalue weighted by Gasteiger charge is 2.37. The monoisotopic (exact) mass is 1160 g/mol. The van der Waals surface area contributed by atoms with Gasteiger partial charge in [-0.05, 0) is 56.6 Å². The topological polar surface area (TPSA) is 483 Å². The summed E-state index contributed by atoms with van der Waals surface area (Å²) in [5.41, 5.74) is 12.7. The van der Waals surface area contributed by atoms with Crippen molar-refractivity contribution in [2.45, 2.75) is 146 Å². The minimum absolute atomic E-state index is 0.0510. The number of carboxylic acid groups (broad SMARTS) is 3. The Balaban J connectivity index is 2.29. The lowest BCUT2D eigenvalue weighted by Gasteiger charge is -2.28. The van der Waals surface area contributed by atoms with Crippen LogP contribution in [0.15, 0.2) is 60.7 Å². The van der Waals surface area contributed by atoms with Gasteiger partial charge < -0.3 is 84.9 Å². The molecule has 446 valence electrons. The van der Waals surface area contributed by atoms with Crippen molar-refractivity contribution in [2.75, 3.05) is 12.4 Å². The number of primary amides is 1. The Kier molecular flexibility index (Phi) is 29.5. The molecule has 0 aliphatic carbocycles. The van der Waals surface area contributed by atoms with Gasteiger partial charge in [0.25, 0.3) is 0 Å². The summed E-state index contributed by atoms with van der Waals surface area (Å²) >= 11 is 4.17. The Morgan fingerprint density at radius 3 is 1.41 bits per heavy atom. The number of carbonyl (C=O) groups is 13. The third kappa shape index (κ3) is 25.2. The fraction of sp³-hybridized carbons (Fsp3) is 0.510. The van der Waals surface area contributed by atoms with Crippen LogP contribution in [0.1, 0.15) is 77.3 Å². The maximum atomic E-state index is 14.0. The first-order valence-electron chi connectivity index (χ1n) is 25.5. The summed E-state index contributed by atoms with van der Waals surface area (Å²) in [5.74, 6) is -16.0. The van der Waals surface area contributed by atoms with Crippen LogP contribution in [0.5, 0.6) is 0 Å². The highest BCUT2D eigenvalue weighted by Crippen LogP contribution is 2.11. The normalized spacial score (nSPS) is 15.1. The number of hydrogen-bond donors (Lipinski definition) is 17. The van der Waals surface area contributed by atoms with Crippen LogP contribution < -0.4 is 59.3 Å². The number of aliphatic hydroxyl groups excluding tert-OH is 2. The number of carboxylic acids is 3. The van der Waals surface area contributed by atoms with E-state index in [0.717, 1.165) is 19.4 Å². The van der Waals surface area contributed by atoms with Gasteiger partial charge in [-0.3, -0.25) is 57.5 Å². The Bertz CT molecular complexity index is 2530. The molecule has 0 saturated heterocycles. The van der Waals surface area contributed by atoms with Crippen molar-refractivity contribution in [1.82, 2.24) is 47.9 Å². The zero-order valence-electron chi connectivity index (χ0n) is 44.9. The van der Waals surface area contributed by atoms with Crippen LogP contribution in [-0.4, -0.2) is 181 Å². The van der Waals surface area contributed by atoms with E-state index in [1.54, 1.807) is 74.5 Å². The van der Waals surface area contributed by atoms with E-state index in [1.807, 2.05) is 0 Å². The second-order valence-electron chi connectivity index (χ2n) is 19.2. The first-order chi connectivity index (χ1) is 38.1. The number of aliphatic hydroxyl groups is 2. The van der Waals surface area contributed by atoms with Crippen LogP contribution in [0.2, 0.25) is 0 Å². The quantitative estimate of drug-likeness (QED) is 0.0285. The van der Waals surface area contributed by atoms with E-state index >= 15 is 0 Å². The van der Waals surface area contributed by atoms with Gasteiger partial charge in [-0.25, -0.2) is 4.79 Å². The average Bonchev–Trinajstić information content (AvgIpc) is 3.41. The number of nitrogens with one attached hydrogen (secondary N) is 9. The van der Waals surface area contributed by atoms with Crippen molar-refractivity contribution in [1.29, 1.82) is 0 Å². The number of rotatable bonds is 36. The fourth-order valence-corrected chi connectivity index (χ4v) is 7.81. The van der Waals surface area contributed by atoms with Crippen LogP contribution in [0.4, 0.5) is 0 Å². The van der Waals surface area contributed by atoms with Crippen molar-refractivity contribution in [2.24, 2.45) is 17.4 Å². The second kappa shape index (κ2) is 34.7. The summed E-state index contributed by atoms with van der Waals surface area (Å²) in [4.78, 5) is 168. The number of amides is 10. The molecular formula is C51H73N11O18S. The van der Waals surface area contributed by atoms with E-state index in [9.17, 15) is 82.8 Å². The number of hydrogen-bond acceptors (Lipinski definition) is 17. The van der Waals surface area contributed by atoms with Gasteiger partial charge in [0.15, 0.2) is 0 Å². The van der Waals surface area contributed by atoms with Gasteiger partial charge in [0.2, 0.25) is 59.1 Å². The van der Waals surface area contributed by atoms with E-state index in [4.69, 9.17) is 16.6 Å². The zero-order chi connectivity index (χ0) is 61.1. The van der Waals surface area contributed by atoms with Gasteiger partial charge >= 0.3 is 17.9 Å². The Hall–Kier alpha value is -8.22. The number of benzene rings is 2. The van der Waals surface area contributed by atoms with E-state index in [1.165, 1.54) is 0 Å². The number of nitrogens with two attached hydrogens (primary N) is 2. The van der Waals surface area contributed by atoms with Crippen molar-refractivity contribution in [3.05, 3.63) is 71.8 Å². The first-order valence-corrected chi connectivity index (χ1v) is 26.1. The SMILES string of the molecule is CC(C)C[C@H](NC(=O)[C@H](C)NC(=O)[C@H](CC(N)=O)NC(=O)[C@@H](NC(=O)[C@H](CCC(=O)O)NC(=O)[C@H](CS)NC(=O)[C@H](Cc1ccccc1)NC(=O)[C@H](CO)NC(=O)[C@@H](N)Cc1ccccc1)[C@@H](C)O)C(=O)N[C@@H](CCC(=O)O)C(=O)O. The van der Waals surface area contributed by atoms with Crippen LogP contribution in [0.25, 0.3) is 0 Å². The van der Waals surface area contributed by atoms with Gasteiger partial charge in [0.05, 0.1) is 25.2 Å². The molecule has 0 fully saturated rings. The molecule has 2 rings (SSSR count). The minimum atomic E-state index is -2.01. The van der Waals surface area contributed by atoms with Gasteiger partial charge in [-0.2, -0.15) is 12.6 Å². The van der Waals surface area contributed by atoms with Gasteiger partial charge in [0.1, 0.15) is 54.4 Å². The molecule has 0 aromatic heterocycles. The highest BCUT2D eigenvalue weighted by atomic mass is 32.1. The lowest BCUT2D eigenvalue weighted by atomic mass is 10.0. The Morgan fingerprint density at radius 2 is 0.914 bits per heavy atom. The summed E-state index contributed by atoms with van der Waals surface area (Å²) in [6.45, 7) is 4.60. The lowest BCUT2D eigenvalue weighted by molar-refractivity contribution is -0.143. The summed E-state index contributed by atoms with van der Waals surface area (Å²) in [6, 6.07) is 0.815. The molecule has 30 heteroatoms. The summed E-state index contributed by atoms with van der Waals surface area (Å²) in [5, 5.41) is 69.4. The molecule has 29 nitrogen and oxygen atoms in total. The number of carbonyl (C=O) groups excluding carboxylic acids is 10. The molecule has 2 aromatic carbocycles. The third-order valence-corrected chi connectivity index (χ3v) is 12.3. The van der Waals surface area contributed by atoms with E-state index in [2.05, 4.69) is 60.5 Å². The molecule has 0 unspecified atom stereocenters. The van der Waals surface area contributed by atoms with E-state index < -0.39 is 188 Å². The van der Waals surface area contributed by atoms with Gasteiger partial charge in [-0.15, -0.1) is 0 Å². The van der Waals surface area contributed by atoms with Crippen LogP contribution in [0, 0.1) is 5.92 Å². The smallest absolute Gasteiger partial charge is 0.326 e. The zero-order valence-corrected chi connectivity index (χ0v) is 45.8. The molecule has 18 N–H and O–H groups in total. The second-order valence-corrected chi connectivity index (χ2v) is 19.6. The molecular weight excluding hydrogens is 1090 g/mol. The average molecular weight is 1160 g/mol. The molecule has 10 amide bonds. The Labute approximate surface area is 471 Å². The largest absolute Gasteiger partial charge is 0.481 e. The molecule has 11 atom stereocenters. The summed E-state index contributed by atoms with van der Waals surface area (Å²) < 4.78 is 0. The van der Waals surface area contributed by atoms with Crippen LogP contribution >= 0.6 is 12.6 Å². The number of aliphatic carboxylic acids is 3. The molecule has 0 radical (unpaired) electrons. The number of thiol groups is 1. The van der Waals surface area contributed by atoms with Gasteiger partial charge in [-0.1, -0.05) is 74.5 Å². The van der Waals surface area contributed by atoms with Crippen LogP contribution in [-0.2, 0) is 75.2 Å². The molecule has 0 bridgehead atoms. The molecule has 0 spiro atoms. The molecule has 2 aromatic rings. The van der Waals surface area contributed by atoms with Crippen molar-refractivity contribution < 1.29 is 87.9 Å². The highest BCUT2D eigenvalue weighted by molar-refractivity contribution is 7.80. The molecule has 0 saturated carbocycles. The predicted octanol–water partition coefficient (Wildman–Crippen LogP) is -4.78. The van der Waals surface area contributed by atoms with Crippen molar-refractivity contribution >= 4 is 89.6 Å². The molecule has 0 aliphatic rings. The predicted molar refractivity (Wildman–Crippen MR) is 289 cm³/mol. The Morgan fingerprint density at radius 1 is 0.494 bits per heavy atom. The summed E-state index contributed by atoms with van der Waals surface area (Å²) in [7, 11) is 0. The fourth-order valence-electron chi connectivity index (χ4n) is 7.55. The summed E-state index contributed by atoms with van der Waals surface area (Å²) in [6.07, 6.45) is -5.39. The standard InChI is InChI=1S/C51H73N11O18S/c1-25(2)19-33(46(74)56-32(51(79)80)16-18-40(68)69)57-42(70)26(3)54-45(73)35(22-38(53)65)59-50(78)41(27(4)64)62-44(72)31(15-17-39(66)67)55-49(77)37(24-81)61-47(75)34(21-29-13-9-6-10-14-29)58-48(76)36(23-63)60-43(71)30(52)20-28-11-7-5-8-12-28/h5-14,25-27,30-37,41,63-64,81H,15-24,52H2,1-4H3,(H2,53,65)(H,54,73)(H,55,77)(H,56,74)(H,57,70)(H,58,76)(H,59,78)(H,60,71)(H,61,75)(H,62,72)(H,66,67)(H,68,69)(H,79,80)/t26-,27+,30-,31-,32-,33-,34-,35-,36-,37-,41-/m0/s1. The van der Waals surface area contributed by atoms with Crippen molar-refractivity contribution in [3.63, 3.8) is 0 Å². The van der Waals surface area contributed by atoms with Gasteiger partial charge in [0, 0.05) is 25.0 Å². The molecule has 0 heterocycles. The van der Waals surface area contributed by atoms with Crippen molar-refractivity contribution in [3.8, 4) is 0 Å². The van der Waals surface area contributed by atoms with E-state index in [0.29, 0.717) is 5.56 Å². The van der Waals surface area contributed by atoms with Crippen LogP contribution in [0.3, 0.4) is 0 Å². The third-order valence-electron chi connectivity index (χ3n) is 11.9. The van der Waals surface area contributed by atoms with E-state index in [-0.39, 0.29) is 25.2 Å². The molecule has 0 aliphatic heterocycles. The first kappa shape index (κ1) is 68.9. The maximum Gasteiger partial charge on any atom is 0.326 e. The maximum absolute atomic E-state index is 14.0. The lowest BCUT2D eigenvalue weighted by Crippen LogP contribution is -2.62. The molecule has 81 heavy (non-hydrogen) atoms.